The molecule has 1 aliphatic carbocycles. The van der Waals surface area contributed by atoms with Crippen LogP contribution in [0, 0.1) is 0 Å². The molecule has 0 radical (unpaired) electrons. The van der Waals surface area contributed by atoms with Crippen LogP contribution in [0.25, 0.3) is 11.3 Å². The number of nitrogens with zero attached hydrogens (tertiary/aromatic N) is 1. The van der Waals surface area contributed by atoms with Gasteiger partial charge in [0.05, 0.1) is 10.7 Å². The van der Waals surface area contributed by atoms with Crippen molar-refractivity contribution in [1.29, 1.82) is 0 Å². The van der Waals surface area contributed by atoms with Crippen molar-refractivity contribution in [3.05, 3.63) is 39.1 Å². The van der Waals surface area contributed by atoms with Crippen LogP contribution in [0.5, 0.6) is 0 Å². The highest BCUT2D eigenvalue weighted by Gasteiger charge is 2.22. The minimum atomic E-state index is 0.403. The van der Waals surface area contributed by atoms with Crippen molar-refractivity contribution in [3.8, 4) is 11.3 Å². The first-order valence-corrected chi connectivity index (χ1v) is 8.36. The van der Waals surface area contributed by atoms with Crippen LogP contribution >= 0.6 is 27.3 Å². The van der Waals surface area contributed by atoms with Crippen LogP contribution in [0.4, 0.5) is 0 Å². The predicted molar refractivity (Wildman–Crippen MR) is 84.4 cm³/mol. The molecule has 0 bridgehead atoms. The third-order valence-electron chi connectivity index (χ3n) is 3.76. The molecule has 1 aliphatic rings. The maximum absolute atomic E-state index is 5.97. The van der Waals surface area contributed by atoms with Crippen molar-refractivity contribution < 1.29 is 0 Å². The fourth-order valence-corrected chi connectivity index (χ4v) is 4.02. The van der Waals surface area contributed by atoms with Crippen LogP contribution in [0.15, 0.2) is 34.1 Å². The van der Waals surface area contributed by atoms with Gasteiger partial charge in [0.2, 0.25) is 0 Å². The molecule has 1 saturated carbocycles. The Balaban J connectivity index is 1.80. The smallest absolute Gasteiger partial charge is 0.0963 e. The monoisotopic (exact) mass is 336 g/mol. The Kier molecular flexibility index (Phi) is 4.01. The van der Waals surface area contributed by atoms with Crippen LogP contribution in [0.1, 0.15) is 36.6 Å². The molecule has 0 spiro atoms. The highest BCUT2D eigenvalue weighted by atomic mass is 79.9. The summed E-state index contributed by atoms with van der Waals surface area (Å²) in [5, 5.41) is 3.45. The van der Waals surface area contributed by atoms with Crippen LogP contribution < -0.4 is 5.73 Å². The minimum absolute atomic E-state index is 0.403. The maximum Gasteiger partial charge on any atom is 0.0963 e. The first kappa shape index (κ1) is 13.3. The average molecular weight is 337 g/mol. The van der Waals surface area contributed by atoms with Gasteiger partial charge >= 0.3 is 0 Å². The van der Waals surface area contributed by atoms with Crippen LogP contribution in [0.2, 0.25) is 0 Å². The molecule has 3 rings (SSSR count). The summed E-state index contributed by atoms with van der Waals surface area (Å²) in [4.78, 5) is 4.83. The fourth-order valence-electron chi connectivity index (χ4n) is 2.62. The summed E-state index contributed by atoms with van der Waals surface area (Å²) < 4.78 is 1.10. The van der Waals surface area contributed by atoms with E-state index in [0.717, 1.165) is 23.0 Å². The maximum atomic E-state index is 5.97. The number of hydrogen-bond acceptors (Lipinski definition) is 3. The van der Waals surface area contributed by atoms with Crippen LogP contribution in [-0.4, -0.2) is 11.0 Å². The van der Waals surface area contributed by atoms with Gasteiger partial charge in [-0.2, -0.15) is 0 Å². The summed E-state index contributed by atoms with van der Waals surface area (Å²) in [7, 11) is 0. The predicted octanol–water partition coefficient (Wildman–Crippen LogP) is 4.56. The lowest BCUT2D eigenvalue weighted by molar-refractivity contribution is 0.395. The molecule has 2 aromatic rings. The second kappa shape index (κ2) is 5.73. The van der Waals surface area contributed by atoms with Crippen molar-refractivity contribution in [2.45, 2.75) is 37.6 Å². The van der Waals surface area contributed by atoms with E-state index < -0.39 is 0 Å². The normalized spacial score (nSPS) is 23.5. The van der Waals surface area contributed by atoms with Gasteiger partial charge in [-0.25, -0.2) is 4.98 Å². The Morgan fingerprint density at radius 3 is 2.74 bits per heavy atom. The topological polar surface area (TPSA) is 38.9 Å². The number of rotatable bonds is 2. The van der Waals surface area contributed by atoms with Gasteiger partial charge in [-0.05, 0) is 37.8 Å². The first-order valence-electron chi connectivity index (χ1n) is 6.69. The van der Waals surface area contributed by atoms with E-state index in [4.69, 9.17) is 10.7 Å². The number of thiazole rings is 1. The molecule has 2 nitrogen and oxygen atoms in total. The lowest BCUT2D eigenvalue weighted by Crippen LogP contribution is -2.25. The number of nitrogens with two attached hydrogens (primary N) is 1. The highest BCUT2D eigenvalue weighted by Crippen LogP contribution is 2.35. The van der Waals surface area contributed by atoms with Crippen molar-refractivity contribution in [2.24, 2.45) is 5.73 Å². The molecule has 1 heterocycles. The Morgan fingerprint density at radius 1 is 1.21 bits per heavy atom. The van der Waals surface area contributed by atoms with Gasteiger partial charge in [0.25, 0.3) is 0 Å². The molecule has 0 atom stereocenters. The summed E-state index contributed by atoms with van der Waals surface area (Å²) in [5.74, 6) is 0.616. The number of aromatic nitrogens is 1. The SMILES string of the molecule is NC1CCC(c2nc(-c3cccc(Br)c3)cs2)CC1. The Bertz CT molecular complexity index is 559. The number of hydrogen-bond donors (Lipinski definition) is 1. The molecule has 0 amide bonds. The quantitative estimate of drug-likeness (QED) is 0.873. The Hall–Kier alpha value is -0.710. The molecule has 0 unspecified atom stereocenters. The number of benzene rings is 1. The summed E-state index contributed by atoms with van der Waals surface area (Å²) in [5.41, 5.74) is 8.24. The summed E-state index contributed by atoms with van der Waals surface area (Å²) in [6, 6.07) is 8.73. The summed E-state index contributed by atoms with van der Waals surface area (Å²) in [6.45, 7) is 0. The van der Waals surface area contributed by atoms with Crippen molar-refractivity contribution in [3.63, 3.8) is 0 Å². The van der Waals surface area contributed by atoms with Crippen molar-refractivity contribution >= 4 is 27.3 Å². The molecule has 1 aromatic heterocycles. The molecule has 100 valence electrons. The summed E-state index contributed by atoms with van der Waals surface area (Å²) in [6.07, 6.45) is 4.64. The Labute approximate surface area is 126 Å². The zero-order valence-electron chi connectivity index (χ0n) is 10.7. The van der Waals surface area contributed by atoms with Gasteiger partial charge in [-0.1, -0.05) is 28.1 Å². The lowest BCUT2D eigenvalue weighted by Gasteiger charge is -2.24. The van der Waals surface area contributed by atoms with Gasteiger partial charge in [0.15, 0.2) is 0 Å². The van der Waals surface area contributed by atoms with Gasteiger partial charge in [-0.3, -0.25) is 0 Å². The van der Waals surface area contributed by atoms with E-state index in [2.05, 4.69) is 39.5 Å². The second-order valence-electron chi connectivity index (χ2n) is 5.19. The molecular formula is C15H17BrN2S. The van der Waals surface area contributed by atoms with Gasteiger partial charge in [0.1, 0.15) is 0 Å². The van der Waals surface area contributed by atoms with Crippen LogP contribution in [0.3, 0.4) is 0 Å². The molecule has 4 heteroatoms. The van der Waals surface area contributed by atoms with E-state index in [1.165, 1.54) is 23.4 Å². The summed E-state index contributed by atoms with van der Waals surface area (Å²) >= 11 is 5.30. The molecule has 2 N–H and O–H groups in total. The lowest BCUT2D eigenvalue weighted by atomic mass is 9.87. The van der Waals surface area contributed by atoms with Crippen LogP contribution in [-0.2, 0) is 0 Å². The molecule has 1 aromatic carbocycles. The third kappa shape index (κ3) is 3.07. The van der Waals surface area contributed by atoms with E-state index in [9.17, 15) is 0 Å². The van der Waals surface area contributed by atoms with Gasteiger partial charge in [-0.15, -0.1) is 11.3 Å². The highest BCUT2D eigenvalue weighted by molar-refractivity contribution is 9.10. The van der Waals surface area contributed by atoms with Gasteiger partial charge < -0.3 is 5.73 Å². The molecule has 1 fully saturated rings. The van der Waals surface area contributed by atoms with E-state index >= 15 is 0 Å². The van der Waals surface area contributed by atoms with E-state index in [1.807, 2.05) is 6.07 Å². The standard InChI is InChI=1S/C15H17BrN2S/c16-12-3-1-2-11(8-12)14-9-19-15(18-14)10-4-6-13(17)7-5-10/h1-3,8-10,13H,4-7,17H2. The van der Waals surface area contributed by atoms with E-state index in [-0.39, 0.29) is 0 Å². The third-order valence-corrected chi connectivity index (χ3v) is 5.26. The minimum Gasteiger partial charge on any atom is -0.328 e. The average Bonchev–Trinajstić information content (AvgIpc) is 2.89. The Morgan fingerprint density at radius 2 is 2.00 bits per heavy atom. The van der Waals surface area contributed by atoms with E-state index in [0.29, 0.717) is 12.0 Å². The van der Waals surface area contributed by atoms with Crippen molar-refractivity contribution in [1.82, 2.24) is 4.98 Å². The number of halogens is 1. The van der Waals surface area contributed by atoms with E-state index in [1.54, 1.807) is 11.3 Å². The van der Waals surface area contributed by atoms with Crippen molar-refractivity contribution in [2.75, 3.05) is 0 Å². The zero-order chi connectivity index (χ0) is 13.2. The van der Waals surface area contributed by atoms with Gasteiger partial charge in [0, 0.05) is 27.4 Å². The molecule has 0 aliphatic heterocycles. The largest absolute Gasteiger partial charge is 0.328 e. The molecule has 0 saturated heterocycles. The first-order chi connectivity index (χ1) is 9.22. The molecular weight excluding hydrogens is 320 g/mol. The second-order valence-corrected chi connectivity index (χ2v) is 7.00. The zero-order valence-corrected chi connectivity index (χ0v) is 13.1. The molecule has 19 heavy (non-hydrogen) atoms. The fraction of sp³-hybridized carbons (Fsp3) is 0.400.